The van der Waals surface area contributed by atoms with Gasteiger partial charge in [-0.05, 0) is 23.8 Å². The van der Waals surface area contributed by atoms with Crippen LogP contribution < -0.4 is 0 Å². The van der Waals surface area contributed by atoms with E-state index in [9.17, 15) is 0 Å². The highest BCUT2D eigenvalue weighted by Gasteiger charge is 2.21. The molecule has 0 aromatic heterocycles. The van der Waals surface area contributed by atoms with E-state index in [2.05, 4.69) is 45.0 Å². The maximum absolute atomic E-state index is 6.31. The Kier molecular flexibility index (Phi) is 4.00. The van der Waals surface area contributed by atoms with Crippen LogP contribution >= 0.6 is 11.6 Å². The van der Waals surface area contributed by atoms with Crippen LogP contribution in [-0.2, 0) is 6.42 Å². The first-order valence-corrected chi connectivity index (χ1v) is 5.62. The summed E-state index contributed by atoms with van der Waals surface area (Å²) in [7, 11) is 0. The maximum atomic E-state index is 6.31. The van der Waals surface area contributed by atoms with Crippen LogP contribution in [0.1, 0.15) is 32.8 Å². The molecular weight excluding hydrogens is 192 g/mol. The van der Waals surface area contributed by atoms with Crippen molar-refractivity contribution in [1.29, 1.82) is 0 Å². The topological polar surface area (TPSA) is 0 Å². The molecule has 0 aliphatic heterocycles. The molecule has 0 saturated carbocycles. The number of halogens is 1. The van der Waals surface area contributed by atoms with Gasteiger partial charge in [-0.25, -0.2) is 0 Å². The predicted molar refractivity (Wildman–Crippen MR) is 63.9 cm³/mol. The fourth-order valence-corrected chi connectivity index (χ4v) is 1.48. The van der Waals surface area contributed by atoms with E-state index in [4.69, 9.17) is 11.6 Å². The molecule has 0 bridgehead atoms. The lowest BCUT2D eigenvalue weighted by Gasteiger charge is -2.24. The maximum Gasteiger partial charge on any atom is 0.0387 e. The standard InChI is InChI=1S/C13H19Cl/c1-13(2,3)12(14)10-9-11-7-5-4-6-8-11/h4-8,12H,9-10H2,1-3H3. The molecule has 0 spiro atoms. The zero-order chi connectivity index (χ0) is 10.6. The quantitative estimate of drug-likeness (QED) is 0.654. The van der Waals surface area contributed by atoms with E-state index in [1.807, 2.05) is 6.07 Å². The minimum atomic E-state index is 0.205. The first kappa shape index (κ1) is 11.6. The van der Waals surface area contributed by atoms with Crippen LogP contribution in [0.15, 0.2) is 30.3 Å². The van der Waals surface area contributed by atoms with Gasteiger partial charge in [0.05, 0.1) is 0 Å². The molecule has 0 nitrogen and oxygen atoms in total. The van der Waals surface area contributed by atoms with E-state index in [1.54, 1.807) is 0 Å². The van der Waals surface area contributed by atoms with Crippen molar-refractivity contribution < 1.29 is 0 Å². The summed E-state index contributed by atoms with van der Waals surface area (Å²) < 4.78 is 0. The number of rotatable bonds is 3. The van der Waals surface area contributed by atoms with Crippen molar-refractivity contribution in [3.05, 3.63) is 35.9 Å². The summed E-state index contributed by atoms with van der Waals surface area (Å²) in [5.41, 5.74) is 1.58. The smallest absolute Gasteiger partial charge is 0.0387 e. The van der Waals surface area contributed by atoms with E-state index < -0.39 is 0 Å². The molecule has 0 amide bonds. The number of hydrogen-bond acceptors (Lipinski definition) is 0. The van der Waals surface area contributed by atoms with E-state index in [0.717, 1.165) is 12.8 Å². The van der Waals surface area contributed by atoms with Crippen molar-refractivity contribution >= 4 is 11.6 Å². The third-order valence-electron chi connectivity index (χ3n) is 2.47. The van der Waals surface area contributed by atoms with Crippen LogP contribution in [0.25, 0.3) is 0 Å². The molecule has 0 N–H and O–H groups in total. The first-order valence-electron chi connectivity index (χ1n) is 5.18. The molecule has 0 heterocycles. The van der Waals surface area contributed by atoms with Gasteiger partial charge in [-0.1, -0.05) is 51.1 Å². The van der Waals surface area contributed by atoms with Gasteiger partial charge in [0.25, 0.3) is 0 Å². The van der Waals surface area contributed by atoms with Crippen molar-refractivity contribution in [1.82, 2.24) is 0 Å². The predicted octanol–water partition coefficient (Wildman–Crippen LogP) is 4.27. The van der Waals surface area contributed by atoms with Gasteiger partial charge in [-0.15, -0.1) is 11.6 Å². The Labute approximate surface area is 92.3 Å². The summed E-state index contributed by atoms with van der Waals surface area (Å²) in [6, 6.07) is 10.5. The van der Waals surface area contributed by atoms with Gasteiger partial charge in [0, 0.05) is 5.38 Å². The fraction of sp³-hybridized carbons (Fsp3) is 0.538. The van der Waals surface area contributed by atoms with Crippen LogP contribution in [0.2, 0.25) is 0 Å². The third kappa shape index (κ3) is 3.71. The summed E-state index contributed by atoms with van der Waals surface area (Å²) in [4.78, 5) is 0. The fourth-order valence-electron chi connectivity index (χ4n) is 1.37. The molecule has 0 radical (unpaired) electrons. The second-order valence-electron chi connectivity index (χ2n) is 4.86. The second-order valence-corrected chi connectivity index (χ2v) is 5.38. The Balaban J connectivity index is 2.42. The van der Waals surface area contributed by atoms with Crippen molar-refractivity contribution in [2.75, 3.05) is 0 Å². The van der Waals surface area contributed by atoms with E-state index >= 15 is 0 Å². The summed E-state index contributed by atoms with van der Waals surface area (Å²) in [6.07, 6.45) is 2.13. The Morgan fingerprint density at radius 1 is 1.14 bits per heavy atom. The van der Waals surface area contributed by atoms with Crippen molar-refractivity contribution in [3.63, 3.8) is 0 Å². The van der Waals surface area contributed by atoms with Gasteiger partial charge < -0.3 is 0 Å². The number of aryl methyl sites for hydroxylation is 1. The molecule has 1 heteroatoms. The minimum absolute atomic E-state index is 0.205. The normalized spacial score (nSPS) is 14.0. The van der Waals surface area contributed by atoms with Crippen LogP contribution in [0, 0.1) is 5.41 Å². The zero-order valence-corrected chi connectivity index (χ0v) is 10.0. The number of hydrogen-bond donors (Lipinski definition) is 0. The Morgan fingerprint density at radius 2 is 1.71 bits per heavy atom. The van der Waals surface area contributed by atoms with Gasteiger partial charge >= 0.3 is 0 Å². The average Bonchev–Trinajstić information content (AvgIpc) is 2.14. The van der Waals surface area contributed by atoms with Crippen molar-refractivity contribution in [3.8, 4) is 0 Å². The highest BCUT2D eigenvalue weighted by atomic mass is 35.5. The average molecular weight is 211 g/mol. The van der Waals surface area contributed by atoms with Gasteiger partial charge in [-0.2, -0.15) is 0 Å². The Bertz CT molecular complexity index is 258. The summed E-state index contributed by atoms with van der Waals surface area (Å²) in [6.45, 7) is 6.57. The third-order valence-corrected chi connectivity index (χ3v) is 3.34. The molecular formula is C13H19Cl. The molecule has 1 rings (SSSR count). The first-order chi connectivity index (χ1) is 6.50. The molecule has 1 unspecified atom stereocenters. The lowest BCUT2D eigenvalue weighted by Crippen LogP contribution is -2.21. The lowest BCUT2D eigenvalue weighted by molar-refractivity contribution is 0.374. The molecule has 1 aromatic rings. The van der Waals surface area contributed by atoms with Crippen molar-refractivity contribution in [2.45, 2.75) is 39.0 Å². The molecule has 78 valence electrons. The highest BCUT2D eigenvalue weighted by Crippen LogP contribution is 2.27. The molecule has 1 atom stereocenters. The zero-order valence-electron chi connectivity index (χ0n) is 9.26. The SMILES string of the molecule is CC(C)(C)C(Cl)CCc1ccccc1. The van der Waals surface area contributed by atoms with E-state index in [-0.39, 0.29) is 10.8 Å². The van der Waals surface area contributed by atoms with Crippen LogP contribution in [-0.4, -0.2) is 5.38 Å². The van der Waals surface area contributed by atoms with E-state index in [1.165, 1.54) is 5.56 Å². The molecule has 14 heavy (non-hydrogen) atoms. The van der Waals surface area contributed by atoms with Crippen LogP contribution in [0.4, 0.5) is 0 Å². The minimum Gasteiger partial charge on any atom is -0.122 e. The van der Waals surface area contributed by atoms with Crippen molar-refractivity contribution in [2.24, 2.45) is 5.41 Å². The molecule has 1 aromatic carbocycles. The van der Waals surface area contributed by atoms with Gasteiger partial charge in [0.15, 0.2) is 0 Å². The second kappa shape index (κ2) is 4.84. The molecule has 0 fully saturated rings. The molecule has 0 aliphatic carbocycles. The lowest BCUT2D eigenvalue weighted by atomic mass is 9.88. The number of alkyl halides is 1. The summed E-state index contributed by atoms with van der Waals surface area (Å²) >= 11 is 6.31. The van der Waals surface area contributed by atoms with Crippen LogP contribution in [0.3, 0.4) is 0 Å². The highest BCUT2D eigenvalue weighted by molar-refractivity contribution is 6.21. The molecule has 0 saturated heterocycles. The summed E-state index contributed by atoms with van der Waals surface area (Å²) in [5.74, 6) is 0. The largest absolute Gasteiger partial charge is 0.122 e. The van der Waals surface area contributed by atoms with Gasteiger partial charge in [0.1, 0.15) is 0 Å². The Hall–Kier alpha value is -0.490. The monoisotopic (exact) mass is 210 g/mol. The molecule has 0 aliphatic rings. The van der Waals surface area contributed by atoms with Gasteiger partial charge in [0.2, 0.25) is 0 Å². The van der Waals surface area contributed by atoms with E-state index in [0.29, 0.717) is 0 Å². The summed E-state index contributed by atoms with van der Waals surface area (Å²) in [5, 5.41) is 0.253. The number of benzene rings is 1. The Morgan fingerprint density at radius 3 is 2.21 bits per heavy atom. The van der Waals surface area contributed by atoms with Gasteiger partial charge in [-0.3, -0.25) is 0 Å². The van der Waals surface area contributed by atoms with Crippen LogP contribution in [0.5, 0.6) is 0 Å².